The number of rotatable bonds is 5. The highest BCUT2D eigenvalue weighted by Crippen LogP contribution is 2.32. The van der Waals surface area contributed by atoms with Crippen molar-refractivity contribution in [3.05, 3.63) is 63.5 Å². The highest BCUT2D eigenvalue weighted by molar-refractivity contribution is 7.14. The molecular weight excluding hydrogens is 393 g/mol. The standard InChI is InChI=1S/C18H11Cl2N3O2S/c19-12-5-6-13(14(20)7-12)15-10-26-18(22-15)23-17(24)9-25-16-4-2-1-3-11(16)8-21/h1-7,10H,9H2,(H,22,23,24). The molecule has 1 N–H and O–H groups in total. The van der Waals surface area contributed by atoms with Gasteiger partial charge in [0.1, 0.15) is 11.8 Å². The van der Waals surface area contributed by atoms with Crippen LogP contribution in [0.25, 0.3) is 11.3 Å². The summed E-state index contributed by atoms with van der Waals surface area (Å²) in [5, 5.41) is 14.9. The molecule has 0 radical (unpaired) electrons. The molecule has 0 aliphatic heterocycles. The average Bonchev–Trinajstić information content (AvgIpc) is 3.08. The number of nitrogens with zero attached hydrogens (tertiary/aromatic N) is 2. The molecule has 2 aromatic carbocycles. The van der Waals surface area contributed by atoms with Gasteiger partial charge in [-0.05, 0) is 30.3 Å². The van der Waals surface area contributed by atoms with Crippen LogP contribution in [-0.4, -0.2) is 17.5 Å². The van der Waals surface area contributed by atoms with E-state index in [4.69, 9.17) is 33.2 Å². The summed E-state index contributed by atoms with van der Waals surface area (Å²) in [7, 11) is 0. The largest absolute Gasteiger partial charge is 0.482 e. The van der Waals surface area contributed by atoms with E-state index in [0.717, 1.165) is 5.56 Å². The van der Waals surface area contributed by atoms with Gasteiger partial charge in [-0.1, -0.05) is 35.3 Å². The summed E-state index contributed by atoms with van der Waals surface area (Å²) in [6.45, 7) is -0.227. The Kier molecular flexibility index (Phi) is 5.74. The number of anilines is 1. The van der Waals surface area contributed by atoms with Crippen molar-refractivity contribution >= 4 is 45.6 Å². The van der Waals surface area contributed by atoms with Crippen LogP contribution in [0.15, 0.2) is 47.8 Å². The van der Waals surface area contributed by atoms with Crippen molar-refractivity contribution in [3.8, 4) is 23.1 Å². The Morgan fingerprint density at radius 2 is 2.08 bits per heavy atom. The van der Waals surface area contributed by atoms with Crippen LogP contribution in [0.5, 0.6) is 5.75 Å². The number of benzene rings is 2. The Bertz CT molecular complexity index is 998. The minimum atomic E-state index is -0.374. The van der Waals surface area contributed by atoms with Crippen molar-refractivity contribution in [3.63, 3.8) is 0 Å². The van der Waals surface area contributed by atoms with Gasteiger partial charge in [0.05, 0.1) is 16.3 Å². The van der Waals surface area contributed by atoms with Gasteiger partial charge in [-0.2, -0.15) is 5.26 Å². The highest BCUT2D eigenvalue weighted by Gasteiger charge is 2.12. The quantitative estimate of drug-likeness (QED) is 0.649. The topological polar surface area (TPSA) is 75.0 Å². The summed E-state index contributed by atoms with van der Waals surface area (Å²) in [6, 6.07) is 13.9. The molecule has 3 aromatic rings. The van der Waals surface area contributed by atoms with Gasteiger partial charge in [0.2, 0.25) is 0 Å². The molecule has 1 amide bonds. The first-order valence-electron chi connectivity index (χ1n) is 7.39. The lowest BCUT2D eigenvalue weighted by Gasteiger charge is -2.07. The average molecular weight is 404 g/mol. The fourth-order valence-electron chi connectivity index (χ4n) is 2.14. The van der Waals surface area contributed by atoms with Crippen LogP contribution in [0.2, 0.25) is 10.0 Å². The summed E-state index contributed by atoms with van der Waals surface area (Å²) in [6.07, 6.45) is 0. The number of amides is 1. The van der Waals surface area contributed by atoms with Crippen molar-refractivity contribution in [1.82, 2.24) is 4.98 Å². The lowest BCUT2D eigenvalue weighted by atomic mass is 10.2. The van der Waals surface area contributed by atoms with Crippen LogP contribution >= 0.6 is 34.5 Å². The summed E-state index contributed by atoms with van der Waals surface area (Å²) in [5.74, 6) is -0.0150. The van der Waals surface area contributed by atoms with Gasteiger partial charge < -0.3 is 4.74 Å². The maximum Gasteiger partial charge on any atom is 0.264 e. The van der Waals surface area contributed by atoms with Crippen LogP contribution < -0.4 is 10.1 Å². The van der Waals surface area contributed by atoms with Gasteiger partial charge in [-0.25, -0.2) is 4.98 Å². The van der Waals surface area contributed by atoms with Crippen LogP contribution in [0, 0.1) is 11.3 Å². The molecular formula is C18H11Cl2N3O2S. The second-order valence-corrected chi connectivity index (χ2v) is 6.81. The van der Waals surface area contributed by atoms with Gasteiger partial charge in [-0.15, -0.1) is 11.3 Å². The fourth-order valence-corrected chi connectivity index (χ4v) is 3.37. The Labute approximate surface area is 163 Å². The molecule has 0 spiro atoms. The molecule has 0 aliphatic carbocycles. The molecule has 0 saturated carbocycles. The fraction of sp³-hybridized carbons (Fsp3) is 0.0556. The molecule has 0 bridgehead atoms. The first-order valence-corrected chi connectivity index (χ1v) is 9.03. The molecule has 0 fully saturated rings. The zero-order valence-electron chi connectivity index (χ0n) is 13.2. The molecule has 0 saturated heterocycles. The second-order valence-electron chi connectivity index (χ2n) is 5.11. The van der Waals surface area contributed by atoms with Gasteiger partial charge in [0.25, 0.3) is 5.91 Å². The Hall–Kier alpha value is -2.59. The summed E-state index contributed by atoms with van der Waals surface area (Å²) >= 11 is 13.3. The minimum Gasteiger partial charge on any atom is -0.482 e. The molecule has 1 heterocycles. The molecule has 0 unspecified atom stereocenters. The van der Waals surface area contributed by atoms with Gasteiger partial charge in [-0.3, -0.25) is 10.1 Å². The Balaban J connectivity index is 1.64. The number of hydrogen-bond donors (Lipinski definition) is 1. The van der Waals surface area contributed by atoms with E-state index in [0.29, 0.717) is 32.2 Å². The number of halogens is 2. The molecule has 1 aromatic heterocycles. The van der Waals surface area contributed by atoms with Crippen LogP contribution in [0.3, 0.4) is 0 Å². The number of ether oxygens (including phenoxy) is 1. The molecule has 26 heavy (non-hydrogen) atoms. The Morgan fingerprint density at radius 3 is 2.85 bits per heavy atom. The number of hydrogen-bond acceptors (Lipinski definition) is 5. The number of thiazole rings is 1. The molecule has 0 aliphatic rings. The van der Waals surface area contributed by atoms with Gasteiger partial charge in [0.15, 0.2) is 11.7 Å². The molecule has 130 valence electrons. The number of carbonyl (C=O) groups is 1. The van der Waals surface area contributed by atoms with Crippen molar-refractivity contribution in [2.75, 3.05) is 11.9 Å². The van der Waals surface area contributed by atoms with E-state index in [2.05, 4.69) is 10.3 Å². The highest BCUT2D eigenvalue weighted by atomic mass is 35.5. The van der Waals surface area contributed by atoms with Gasteiger partial charge in [0, 0.05) is 16.0 Å². The third-order valence-electron chi connectivity index (χ3n) is 3.32. The van der Waals surface area contributed by atoms with Crippen LogP contribution in [0.1, 0.15) is 5.56 Å². The van der Waals surface area contributed by atoms with E-state index >= 15 is 0 Å². The third kappa shape index (κ3) is 4.33. The van der Waals surface area contributed by atoms with Crippen LogP contribution in [-0.2, 0) is 4.79 Å². The first kappa shape index (κ1) is 18.2. The van der Waals surface area contributed by atoms with Gasteiger partial charge >= 0.3 is 0 Å². The maximum atomic E-state index is 12.0. The maximum absolute atomic E-state index is 12.0. The Morgan fingerprint density at radius 1 is 1.27 bits per heavy atom. The monoisotopic (exact) mass is 403 g/mol. The van der Waals surface area contributed by atoms with E-state index in [1.807, 2.05) is 6.07 Å². The SMILES string of the molecule is N#Cc1ccccc1OCC(=O)Nc1nc(-c2ccc(Cl)cc2Cl)cs1. The van der Waals surface area contributed by atoms with E-state index < -0.39 is 0 Å². The van der Waals surface area contributed by atoms with Crippen molar-refractivity contribution in [2.45, 2.75) is 0 Å². The molecule has 3 rings (SSSR count). The second kappa shape index (κ2) is 8.19. The third-order valence-corrected chi connectivity index (χ3v) is 4.63. The predicted molar refractivity (Wildman–Crippen MR) is 103 cm³/mol. The van der Waals surface area contributed by atoms with E-state index in [9.17, 15) is 4.79 Å². The van der Waals surface area contributed by atoms with Crippen molar-refractivity contribution in [1.29, 1.82) is 5.26 Å². The summed E-state index contributed by atoms with van der Waals surface area (Å²) < 4.78 is 5.39. The lowest BCUT2D eigenvalue weighted by Crippen LogP contribution is -2.20. The van der Waals surface area contributed by atoms with Crippen molar-refractivity contribution in [2.24, 2.45) is 0 Å². The minimum absolute atomic E-state index is 0.227. The molecule has 0 atom stereocenters. The lowest BCUT2D eigenvalue weighted by molar-refractivity contribution is -0.118. The number of nitrogens with one attached hydrogen (secondary N) is 1. The van der Waals surface area contributed by atoms with Crippen molar-refractivity contribution < 1.29 is 9.53 Å². The number of para-hydroxylation sites is 1. The normalized spacial score (nSPS) is 10.2. The van der Waals surface area contributed by atoms with Crippen LogP contribution in [0.4, 0.5) is 5.13 Å². The molecule has 5 nitrogen and oxygen atoms in total. The smallest absolute Gasteiger partial charge is 0.264 e. The summed E-state index contributed by atoms with van der Waals surface area (Å²) in [5.41, 5.74) is 1.74. The number of aromatic nitrogens is 1. The van der Waals surface area contributed by atoms with E-state index in [-0.39, 0.29) is 12.5 Å². The molecule has 8 heteroatoms. The zero-order chi connectivity index (χ0) is 18.5. The first-order chi connectivity index (χ1) is 12.6. The number of carbonyl (C=O) groups excluding carboxylic acids is 1. The van der Waals surface area contributed by atoms with E-state index in [1.165, 1.54) is 11.3 Å². The zero-order valence-corrected chi connectivity index (χ0v) is 15.5. The summed E-state index contributed by atoms with van der Waals surface area (Å²) in [4.78, 5) is 16.4. The number of nitriles is 1. The predicted octanol–water partition coefficient (Wildman–Crippen LogP) is 5.01. The van der Waals surface area contributed by atoms with E-state index in [1.54, 1.807) is 47.8 Å².